The summed E-state index contributed by atoms with van der Waals surface area (Å²) >= 11 is 0. The zero-order chi connectivity index (χ0) is 15.0. The minimum Gasteiger partial charge on any atom is -0.490 e. The van der Waals surface area contributed by atoms with Gasteiger partial charge in [0.15, 0.2) is 0 Å². The Labute approximate surface area is 121 Å². The Morgan fingerprint density at radius 3 is 2.33 bits per heavy atom. The summed E-state index contributed by atoms with van der Waals surface area (Å²) in [6, 6.07) is 6.82. The molecular weight excluding hydrogens is 283 g/mol. The van der Waals surface area contributed by atoms with E-state index in [4.69, 9.17) is 4.74 Å². The van der Waals surface area contributed by atoms with Crippen molar-refractivity contribution >= 4 is 0 Å². The third-order valence-corrected chi connectivity index (χ3v) is 4.40. The number of benzene rings is 1. The first-order valence-corrected chi connectivity index (χ1v) is 7.15. The largest absolute Gasteiger partial charge is 0.573 e. The lowest BCUT2D eigenvalue weighted by atomic mass is 10.0. The van der Waals surface area contributed by atoms with Crippen LogP contribution in [-0.2, 0) is 0 Å². The Hall–Kier alpha value is -1.43. The molecule has 21 heavy (non-hydrogen) atoms. The molecule has 3 nitrogen and oxygen atoms in total. The smallest absolute Gasteiger partial charge is 0.490 e. The van der Waals surface area contributed by atoms with E-state index in [1.165, 1.54) is 31.0 Å². The van der Waals surface area contributed by atoms with Gasteiger partial charge in [-0.05, 0) is 44.9 Å². The fourth-order valence-electron chi connectivity index (χ4n) is 3.39. The molecule has 0 aromatic heterocycles. The molecular formula is C15H18F3NO2. The van der Waals surface area contributed by atoms with Gasteiger partial charge < -0.3 is 14.4 Å². The second kappa shape index (κ2) is 5.40. The van der Waals surface area contributed by atoms with E-state index < -0.39 is 6.36 Å². The van der Waals surface area contributed by atoms with Crippen LogP contribution in [0.1, 0.15) is 25.7 Å². The maximum atomic E-state index is 12.2. The van der Waals surface area contributed by atoms with Crippen molar-refractivity contribution < 1.29 is 22.6 Å². The molecule has 0 radical (unpaired) electrons. The zero-order valence-corrected chi connectivity index (χ0v) is 11.8. The maximum Gasteiger partial charge on any atom is 0.573 e. The zero-order valence-electron chi connectivity index (χ0n) is 11.8. The van der Waals surface area contributed by atoms with Crippen molar-refractivity contribution in [1.29, 1.82) is 0 Å². The molecule has 0 saturated carbocycles. The minimum atomic E-state index is -4.68. The van der Waals surface area contributed by atoms with E-state index in [2.05, 4.69) is 16.7 Å². The normalized spacial score (nSPS) is 29.4. The van der Waals surface area contributed by atoms with Crippen LogP contribution in [0.3, 0.4) is 0 Å². The molecule has 1 aromatic carbocycles. The van der Waals surface area contributed by atoms with Gasteiger partial charge in [0.1, 0.15) is 17.6 Å². The van der Waals surface area contributed by atoms with Gasteiger partial charge in [0, 0.05) is 18.2 Å². The van der Waals surface area contributed by atoms with Crippen LogP contribution >= 0.6 is 0 Å². The summed E-state index contributed by atoms with van der Waals surface area (Å²) in [5, 5.41) is 0. The van der Waals surface area contributed by atoms with Gasteiger partial charge in [0.05, 0.1) is 0 Å². The van der Waals surface area contributed by atoms with Crippen LogP contribution in [0.15, 0.2) is 24.3 Å². The molecule has 2 bridgehead atoms. The molecule has 2 saturated heterocycles. The molecule has 1 aromatic rings. The number of hydrogen-bond acceptors (Lipinski definition) is 3. The molecule has 116 valence electrons. The minimum absolute atomic E-state index is 0.0693. The van der Waals surface area contributed by atoms with E-state index in [1.54, 1.807) is 6.07 Å². The predicted octanol–water partition coefficient (Wildman–Crippen LogP) is 3.59. The van der Waals surface area contributed by atoms with Crippen LogP contribution in [-0.4, -0.2) is 36.5 Å². The average Bonchev–Trinajstić information content (AvgIpc) is 2.60. The summed E-state index contributed by atoms with van der Waals surface area (Å²) < 4.78 is 46.4. The van der Waals surface area contributed by atoms with Crippen molar-refractivity contribution in [3.8, 4) is 11.5 Å². The van der Waals surface area contributed by atoms with Gasteiger partial charge in [0.25, 0.3) is 0 Å². The molecule has 2 aliphatic heterocycles. The number of hydrogen-bond donors (Lipinski definition) is 0. The summed E-state index contributed by atoms with van der Waals surface area (Å²) in [4.78, 5) is 2.39. The summed E-state index contributed by atoms with van der Waals surface area (Å²) in [7, 11) is 2.14. The van der Waals surface area contributed by atoms with E-state index in [9.17, 15) is 13.2 Å². The second-order valence-electron chi connectivity index (χ2n) is 5.78. The monoisotopic (exact) mass is 301 g/mol. The fraction of sp³-hybridized carbons (Fsp3) is 0.600. The highest BCUT2D eigenvalue weighted by Crippen LogP contribution is 2.36. The van der Waals surface area contributed by atoms with E-state index >= 15 is 0 Å². The van der Waals surface area contributed by atoms with Gasteiger partial charge in [0.2, 0.25) is 0 Å². The summed E-state index contributed by atoms with van der Waals surface area (Å²) in [6.45, 7) is 0. The van der Waals surface area contributed by atoms with Gasteiger partial charge in [-0.25, -0.2) is 0 Å². The molecule has 1 unspecified atom stereocenters. The number of ether oxygens (including phenoxy) is 2. The first-order valence-electron chi connectivity index (χ1n) is 7.15. The second-order valence-corrected chi connectivity index (χ2v) is 5.78. The number of halogens is 3. The molecule has 0 aliphatic carbocycles. The molecule has 3 rings (SSSR count). The number of alkyl halides is 3. The Morgan fingerprint density at radius 1 is 1.10 bits per heavy atom. The van der Waals surface area contributed by atoms with E-state index in [0.717, 1.165) is 12.8 Å². The van der Waals surface area contributed by atoms with Gasteiger partial charge >= 0.3 is 6.36 Å². The molecule has 0 amide bonds. The van der Waals surface area contributed by atoms with Crippen molar-refractivity contribution in [2.24, 2.45) is 0 Å². The van der Waals surface area contributed by atoms with Crippen molar-refractivity contribution in [1.82, 2.24) is 4.90 Å². The third-order valence-electron chi connectivity index (χ3n) is 4.40. The van der Waals surface area contributed by atoms with Gasteiger partial charge in [-0.3, -0.25) is 0 Å². The molecule has 0 N–H and O–H groups in total. The van der Waals surface area contributed by atoms with Crippen molar-refractivity contribution in [3.05, 3.63) is 24.3 Å². The van der Waals surface area contributed by atoms with Crippen LogP contribution in [0.4, 0.5) is 13.2 Å². The van der Waals surface area contributed by atoms with Crippen molar-refractivity contribution in [2.75, 3.05) is 7.05 Å². The molecule has 6 heteroatoms. The quantitative estimate of drug-likeness (QED) is 0.851. The van der Waals surface area contributed by atoms with Crippen LogP contribution in [0.5, 0.6) is 11.5 Å². The van der Waals surface area contributed by atoms with Crippen LogP contribution in [0.25, 0.3) is 0 Å². The lowest BCUT2D eigenvalue weighted by Crippen LogP contribution is -2.43. The first kappa shape index (κ1) is 14.5. The Morgan fingerprint density at radius 2 is 1.71 bits per heavy atom. The maximum absolute atomic E-state index is 12.2. The average molecular weight is 301 g/mol. The van der Waals surface area contributed by atoms with E-state index in [0.29, 0.717) is 17.8 Å². The van der Waals surface area contributed by atoms with Crippen molar-refractivity contribution in [2.45, 2.75) is 50.2 Å². The molecule has 2 fully saturated rings. The Bertz CT molecular complexity index is 492. The lowest BCUT2D eigenvalue weighted by molar-refractivity contribution is -0.274. The van der Waals surface area contributed by atoms with E-state index in [1.807, 2.05) is 0 Å². The summed E-state index contributed by atoms with van der Waals surface area (Å²) in [5.41, 5.74) is 0. The highest BCUT2D eigenvalue weighted by molar-refractivity contribution is 5.33. The van der Waals surface area contributed by atoms with Gasteiger partial charge in [-0.2, -0.15) is 0 Å². The summed E-state index contributed by atoms with van der Waals surface area (Å²) in [6.07, 6.45) is -0.393. The molecule has 2 heterocycles. The number of piperidine rings is 1. The number of nitrogens with zero attached hydrogens (tertiary/aromatic N) is 1. The molecule has 0 spiro atoms. The third kappa shape index (κ3) is 3.43. The molecule has 3 atom stereocenters. The topological polar surface area (TPSA) is 21.7 Å². The van der Waals surface area contributed by atoms with Crippen LogP contribution < -0.4 is 9.47 Å². The SMILES string of the molecule is CN1[C@@H]2CC[C@H]1CC(Oc1cccc(OC(F)(F)F)c1)C2. The van der Waals surface area contributed by atoms with Crippen LogP contribution in [0.2, 0.25) is 0 Å². The Kier molecular flexibility index (Phi) is 3.73. The van der Waals surface area contributed by atoms with Gasteiger partial charge in [-0.15, -0.1) is 13.2 Å². The fourth-order valence-corrected chi connectivity index (χ4v) is 3.39. The van der Waals surface area contributed by atoms with Crippen molar-refractivity contribution in [3.63, 3.8) is 0 Å². The van der Waals surface area contributed by atoms with Gasteiger partial charge in [-0.1, -0.05) is 6.07 Å². The Balaban J connectivity index is 1.64. The first-order chi connectivity index (χ1) is 9.90. The number of fused-ring (bicyclic) bond motifs is 2. The van der Waals surface area contributed by atoms with E-state index in [-0.39, 0.29) is 11.9 Å². The number of rotatable bonds is 3. The summed E-state index contributed by atoms with van der Waals surface area (Å²) in [5.74, 6) is 0.196. The van der Waals surface area contributed by atoms with Crippen LogP contribution in [0, 0.1) is 0 Å². The lowest BCUT2D eigenvalue weighted by Gasteiger charge is -2.36. The predicted molar refractivity (Wildman–Crippen MR) is 71.3 cm³/mol. The highest BCUT2D eigenvalue weighted by atomic mass is 19.4. The molecule has 2 aliphatic rings. The standard InChI is InChI=1S/C15H18F3NO2/c1-19-10-5-6-11(19)8-14(7-10)20-12-3-2-4-13(9-12)21-15(16,17)18/h2-4,9-11,14H,5-8H2,1H3/t10-,11+,14?. The highest BCUT2D eigenvalue weighted by Gasteiger charge is 2.39.